The van der Waals surface area contributed by atoms with E-state index in [2.05, 4.69) is 16.0 Å². The number of benzene rings is 1. The molecule has 2 heterocycles. The van der Waals surface area contributed by atoms with E-state index in [0.717, 1.165) is 17.4 Å². The summed E-state index contributed by atoms with van der Waals surface area (Å²) in [6.45, 7) is 5.34. The van der Waals surface area contributed by atoms with Gasteiger partial charge in [-0.1, -0.05) is 32.4 Å². The molecule has 1 aromatic heterocycles. The van der Waals surface area contributed by atoms with Gasteiger partial charge in [0.25, 0.3) is 11.8 Å². The summed E-state index contributed by atoms with van der Waals surface area (Å²) >= 11 is 6.94. The van der Waals surface area contributed by atoms with Crippen molar-refractivity contribution in [2.75, 3.05) is 36.5 Å². The maximum absolute atomic E-state index is 14.8. The number of halogens is 2. The Morgan fingerprint density at radius 2 is 1.97 bits per heavy atom. The Balaban J connectivity index is 1.72. The average molecular weight is 525 g/mol. The van der Waals surface area contributed by atoms with Crippen molar-refractivity contribution >= 4 is 57.9 Å². The lowest BCUT2D eigenvalue weighted by Crippen LogP contribution is -2.53. The van der Waals surface area contributed by atoms with Crippen molar-refractivity contribution in [2.45, 2.75) is 26.8 Å². The molecule has 3 rings (SSSR count). The van der Waals surface area contributed by atoms with Crippen molar-refractivity contribution in [1.82, 2.24) is 10.6 Å². The molecule has 2 aromatic rings. The highest BCUT2D eigenvalue weighted by Crippen LogP contribution is 2.24. The summed E-state index contributed by atoms with van der Waals surface area (Å²) in [6.07, 6.45) is 0. The normalized spacial score (nSPS) is 14.9. The fourth-order valence-electron chi connectivity index (χ4n) is 3.09. The first kappa shape index (κ1) is 26.6. The zero-order valence-electron chi connectivity index (χ0n) is 19.4. The summed E-state index contributed by atoms with van der Waals surface area (Å²) in [7, 11) is 0. The molecule has 0 spiro atoms. The van der Waals surface area contributed by atoms with Crippen molar-refractivity contribution in [3.8, 4) is 0 Å². The van der Waals surface area contributed by atoms with E-state index in [4.69, 9.17) is 16.3 Å². The molecular weight excluding hydrogens is 499 g/mol. The SMILES string of the molecule is CC(C)(C)C(=O)N[C@@H](CNC(=O)c1ccc(Cl)s1)C(=O)Nc1ccc(N2CCOCC2=O)cc1F. The number of nitrogens with one attached hydrogen (secondary N) is 3. The minimum atomic E-state index is -1.18. The van der Waals surface area contributed by atoms with Crippen LogP contribution in [0.1, 0.15) is 30.4 Å². The molecule has 0 unspecified atom stereocenters. The molecule has 3 N–H and O–H groups in total. The van der Waals surface area contributed by atoms with Gasteiger partial charge in [-0.2, -0.15) is 0 Å². The van der Waals surface area contributed by atoms with Crippen molar-refractivity contribution in [3.63, 3.8) is 0 Å². The monoisotopic (exact) mass is 524 g/mol. The molecule has 1 saturated heterocycles. The van der Waals surface area contributed by atoms with Gasteiger partial charge >= 0.3 is 0 Å². The topological polar surface area (TPSA) is 117 Å². The fraction of sp³-hybridized carbons (Fsp3) is 0.391. The Morgan fingerprint density at radius 3 is 2.57 bits per heavy atom. The van der Waals surface area contributed by atoms with Gasteiger partial charge in [-0.05, 0) is 30.3 Å². The van der Waals surface area contributed by atoms with Gasteiger partial charge in [0, 0.05) is 24.2 Å². The second-order valence-electron chi connectivity index (χ2n) is 8.84. The summed E-state index contributed by atoms with van der Waals surface area (Å²) in [5.74, 6) is -2.65. The number of morpholine rings is 1. The number of amides is 4. The highest BCUT2D eigenvalue weighted by atomic mass is 35.5. The van der Waals surface area contributed by atoms with Crippen molar-refractivity contribution in [3.05, 3.63) is 45.4 Å². The van der Waals surface area contributed by atoms with Crippen LogP contribution in [-0.2, 0) is 19.1 Å². The lowest BCUT2D eigenvalue weighted by molar-refractivity contribution is -0.132. The number of anilines is 2. The molecule has 35 heavy (non-hydrogen) atoms. The number of hydrogen-bond donors (Lipinski definition) is 3. The van der Waals surface area contributed by atoms with Crippen molar-refractivity contribution in [2.24, 2.45) is 5.41 Å². The quantitative estimate of drug-likeness (QED) is 0.515. The number of carbonyl (C=O) groups is 4. The second-order valence-corrected chi connectivity index (χ2v) is 10.6. The van der Waals surface area contributed by atoms with E-state index in [1.807, 2.05) is 0 Å². The lowest BCUT2D eigenvalue weighted by Gasteiger charge is -2.27. The third-order valence-corrected chi connectivity index (χ3v) is 6.30. The van der Waals surface area contributed by atoms with Gasteiger partial charge in [0.15, 0.2) is 0 Å². The molecule has 1 aromatic carbocycles. The number of thiophene rings is 1. The number of carbonyl (C=O) groups excluding carboxylic acids is 4. The van der Waals surface area contributed by atoms with E-state index in [0.29, 0.717) is 28.1 Å². The number of hydrogen-bond acceptors (Lipinski definition) is 6. The van der Waals surface area contributed by atoms with E-state index in [-0.39, 0.29) is 24.7 Å². The van der Waals surface area contributed by atoms with Gasteiger partial charge in [-0.3, -0.25) is 19.2 Å². The van der Waals surface area contributed by atoms with E-state index in [1.165, 1.54) is 17.0 Å². The molecule has 9 nitrogen and oxygen atoms in total. The van der Waals surface area contributed by atoms with E-state index >= 15 is 0 Å². The first-order valence-electron chi connectivity index (χ1n) is 10.8. The predicted molar refractivity (Wildman–Crippen MR) is 131 cm³/mol. The van der Waals surface area contributed by atoms with Crippen LogP contribution in [0.25, 0.3) is 0 Å². The van der Waals surface area contributed by atoms with Gasteiger partial charge in [0.2, 0.25) is 11.8 Å². The highest BCUT2D eigenvalue weighted by Gasteiger charge is 2.29. The van der Waals surface area contributed by atoms with Crippen LogP contribution >= 0.6 is 22.9 Å². The highest BCUT2D eigenvalue weighted by molar-refractivity contribution is 7.18. The summed E-state index contributed by atoms with van der Waals surface area (Å²) in [4.78, 5) is 51.6. The molecule has 188 valence electrons. The minimum absolute atomic E-state index is 0.0847. The molecule has 1 aliphatic heterocycles. The number of nitrogens with zero attached hydrogens (tertiary/aromatic N) is 1. The molecule has 0 bridgehead atoms. The molecule has 0 aliphatic carbocycles. The van der Waals surface area contributed by atoms with Crippen LogP contribution in [0.4, 0.5) is 15.8 Å². The number of rotatable bonds is 7. The smallest absolute Gasteiger partial charge is 0.261 e. The lowest BCUT2D eigenvalue weighted by atomic mass is 9.95. The first-order chi connectivity index (χ1) is 16.5. The van der Waals surface area contributed by atoms with Crippen molar-refractivity contribution in [1.29, 1.82) is 0 Å². The first-order valence-corrected chi connectivity index (χ1v) is 12.0. The molecular formula is C23H26ClFN4O5S. The molecule has 0 saturated carbocycles. The summed E-state index contributed by atoms with van der Waals surface area (Å²) in [5, 5.41) is 7.64. The van der Waals surface area contributed by atoms with Gasteiger partial charge in [0.1, 0.15) is 18.5 Å². The van der Waals surface area contributed by atoms with Crippen LogP contribution in [0.3, 0.4) is 0 Å². The van der Waals surface area contributed by atoms with Crippen LogP contribution < -0.4 is 20.9 Å². The largest absolute Gasteiger partial charge is 0.370 e. The second kappa shape index (κ2) is 11.1. The zero-order valence-corrected chi connectivity index (χ0v) is 21.0. The van der Waals surface area contributed by atoms with Crippen LogP contribution in [0.5, 0.6) is 0 Å². The van der Waals surface area contributed by atoms with Crippen LogP contribution in [-0.4, -0.2) is 56.0 Å². The van der Waals surface area contributed by atoms with Gasteiger partial charge in [-0.25, -0.2) is 4.39 Å². The Hall–Kier alpha value is -3.02. The summed E-state index contributed by atoms with van der Waals surface area (Å²) < 4.78 is 20.3. The minimum Gasteiger partial charge on any atom is -0.370 e. The van der Waals surface area contributed by atoms with Crippen molar-refractivity contribution < 1.29 is 28.3 Å². The predicted octanol–water partition coefficient (Wildman–Crippen LogP) is 2.80. The van der Waals surface area contributed by atoms with Gasteiger partial charge in [-0.15, -0.1) is 11.3 Å². The standard InChI is InChI=1S/C23H26ClFN4O5S/c1-23(2,3)22(33)28-16(11-26-21(32)17-6-7-18(24)35-17)20(31)27-15-5-4-13(10-14(15)25)29-8-9-34-12-19(29)30/h4-7,10,16H,8-9,11-12H2,1-3H3,(H,26,32)(H,27,31)(H,28,33)/t16-/m0/s1. The molecule has 12 heteroatoms. The molecule has 1 fully saturated rings. The Bertz CT molecular complexity index is 1130. The summed E-state index contributed by atoms with van der Waals surface area (Å²) in [5.41, 5.74) is -0.597. The van der Waals surface area contributed by atoms with Gasteiger partial charge in [0.05, 0.1) is 21.5 Å². The maximum Gasteiger partial charge on any atom is 0.261 e. The maximum atomic E-state index is 14.8. The van der Waals surface area contributed by atoms with Crippen LogP contribution in [0.2, 0.25) is 4.34 Å². The molecule has 1 aliphatic rings. The molecule has 0 radical (unpaired) electrons. The van der Waals surface area contributed by atoms with Crippen LogP contribution in [0.15, 0.2) is 30.3 Å². The fourth-order valence-corrected chi connectivity index (χ4v) is 4.05. The Morgan fingerprint density at radius 1 is 1.23 bits per heavy atom. The Kier molecular flexibility index (Phi) is 8.47. The molecule has 4 amide bonds. The zero-order chi connectivity index (χ0) is 25.8. The third kappa shape index (κ3) is 7.00. The number of ether oxygens (including phenoxy) is 1. The molecule has 1 atom stereocenters. The van der Waals surface area contributed by atoms with E-state index in [1.54, 1.807) is 32.9 Å². The van der Waals surface area contributed by atoms with E-state index in [9.17, 15) is 23.6 Å². The van der Waals surface area contributed by atoms with Crippen LogP contribution in [0, 0.1) is 11.2 Å². The van der Waals surface area contributed by atoms with Gasteiger partial charge < -0.3 is 25.6 Å². The third-order valence-electron chi connectivity index (χ3n) is 5.07. The Labute approximate surface area is 211 Å². The average Bonchev–Trinajstić information content (AvgIpc) is 3.23. The van der Waals surface area contributed by atoms with E-state index < -0.39 is 35.0 Å². The summed E-state index contributed by atoms with van der Waals surface area (Å²) in [6, 6.07) is 5.92.